The zero-order valence-electron chi connectivity index (χ0n) is 10.1. The number of hydrogen-bond acceptors (Lipinski definition) is 2. The van der Waals surface area contributed by atoms with Gasteiger partial charge in [0.15, 0.2) is 5.78 Å². The average molecular weight is 218 g/mol. The van der Waals surface area contributed by atoms with Crippen molar-refractivity contribution in [2.75, 3.05) is 13.1 Å². The average Bonchev–Trinajstić information content (AvgIpc) is 2.24. The minimum absolute atomic E-state index is 0.0203. The molecule has 0 amide bonds. The number of fused-ring (bicyclic) bond motifs is 1. The second-order valence-corrected chi connectivity index (χ2v) is 5.72. The van der Waals surface area contributed by atoms with Crippen molar-refractivity contribution in [3.8, 4) is 0 Å². The lowest BCUT2D eigenvalue weighted by Crippen LogP contribution is -2.54. The van der Waals surface area contributed by atoms with E-state index in [1.54, 1.807) is 0 Å². The fraction of sp³-hybridized carbons (Fsp3) is 0.692. The molecule has 3 heteroatoms. The number of Topliss-reactive ketones (excluding diaryl/α,β-unsaturated/α-hetero) is 1. The summed E-state index contributed by atoms with van der Waals surface area (Å²) >= 11 is 0. The van der Waals surface area contributed by atoms with E-state index < -0.39 is 5.41 Å². The third-order valence-corrected chi connectivity index (χ3v) is 4.19. The summed E-state index contributed by atoms with van der Waals surface area (Å²) in [6.07, 6.45) is 2.90. The molecule has 1 aliphatic heterocycles. The lowest BCUT2D eigenvalue weighted by atomic mass is 9.56. The summed E-state index contributed by atoms with van der Waals surface area (Å²) < 4.78 is 0. The van der Waals surface area contributed by atoms with Gasteiger partial charge in [0.05, 0.1) is 6.57 Å². The predicted octanol–water partition coefficient (Wildman–Crippen LogP) is 2.01. The molecule has 1 aliphatic carbocycles. The maximum atomic E-state index is 12.2. The zero-order chi connectivity index (χ0) is 12.0. The lowest BCUT2D eigenvalue weighted by molar-refractivity contribution is -0.130. The molecule has 0 bridgehead atoms. The van der Waals surface area contributed by atoms with Crippen LogP contribution in [0.4, 0.5) is 0 Å². The zero-order valence-corrected chi connectivity index (χ0v) is 10.1. The van der Waals surface area contributed by atoms with Crippen LogP contribution in [-0.2, 0) is 4.79 Å². The number of nitrogens with zero attached hydrogens (tertiary/aromatic N) is 1. The second-order valence-electron chi connectivity index (χ2n) is 5.72. The summed E-state index contributed by atoms with van der Waals surface area (Å²) in [4.78, 5) is 15.6. The highest BCUT2D eigenvalue weighted by molar-refractivity contribution is 6.02. The van der Waals surface area contributed by atoms with E-state index in [-0.39, 0.29) is 11.2 Å². The molecule has 86 valence electrons. The van der Waals surface area contributed by atoms with Crippen LogP contribution in [0.15, 0.2) is 11.8 Å². The first-order valence-electron chi connectivity index (χ1n) is 5.77. The van der Waals surface area contributed by atoms with Gasteiger partial charge in [-0.3, -0.25) is 0 Å². The van der Waals surface area contributed by atoms with Crippen molar-refractivity contribution in [3.05, 3.63) is 23.2 Å². The van der Waals surface area contributed by atoms with Crippen molar-refractivity contribution in [2.45, 2.75) is 27.2 Å². The van der Waals surface area contributed by atoms with Crippen molar-refractivity contribution in [1.29, 1.82) is 0 Å². The SMILES string of the molecule is [C-]#[N+]C1=C[C@]2(C)CNCC[C@H]2C(C)(C)C1=O. The van der Waals surface area contributed by atoms with Gasteiger partial charge in [-0.25, -0.2) is 4.85 Å². The van der Waals surface area contributed by atoms with Crippen LogP contribution in [-0.4, -0.2) is 18.9 Å². The summed E-state index contributed by atoms with van der Waals surface area (Å²) in [7, 11) is 0. The predicted molar refractivity (Wildman–Crippen MR) is 62.6 cm³/mol. The molecule has 0 aromatic heterocycles. The molecule has 0 spiro atoms. The molecule has 1 N–H and O–H groups in total. The molecular formula is C13H18N2O. The normalized spacial score (nSPS) is 37.2. The van der Waals surface area contributed by atoms with Crippen LogP contribution in [0.5, 0.6) is 0 Å². The Hall–Kier alpha value is -1.14. The number of carbonyl (C=O) groups excluding carboxylic acids is 1. The summed E-state index contributed by atoms with van der Waals surface area (Å²) in [5.74, 6) is 0.367. The third kappa shape index (κ3) is 1.41. The van der Waals surface area contributed by atoms with Crippen LogP contribution >= 0.6 is 0 Å². The van der Waals surface area contributed by atoms with Gasteiger partial charge in [-0.1, -0.05) is 26.8 Å². The highest BCUT2D eigenvalue weighted by Crippen LogP contribution is 2.50. The van der Waals surface area contributed by atoms with Crippen molar-refractivity contribution in [2.24, 2.45) is 16.7 Å². The molecule has 0 aromatic carbocycles. The van der Waals surface area contributed by atoms with E-state index in [4.69, 9.17) is 6.57 Å². The fourth-order valence-corrected chi connectivity index (χ4v) is 3.34. The van der Waals surface area contributed by atoms with Crippen LogP contribution in [0.1, 0.15) is 27.2 Å². The molecule has 1 fully saturated rings. The minimum atomic E-state index is -0.397. The van der Waals surface area contributed by atoms with Gasteiger partial charge >= 0.3 is 0 Å². The molecule has 2 atom stereocenters. The monoisotopic (exact) mass is 218 g/mol. The quantitative estimate of drug-likeness (QED) is 0.631. The standard InChI is InChI=1S/C13H18N2O/c1-12(2)10-5-6-15-8-13(10,3)7-9(14-4)11(12)16/h7,10,15H,5-6,8H2,1-3H3/t10-,13+/m0/s1. The second kappa shape index (κ2) is 3.43. The Morgan fingerprint density at radius 3 is 2.81 bits per heavy atom. The highest BCUT2D eigenvalue weighted by Gasteiger charge is 2.51. The van der Waals surface area contributed by atoms with E-state index in [1.165, 1.54) is 0 Å². The fourth-order valence-electron chi connectivity index (χ4n) is 3.34. The van der Waals surface area contributed by atoms with Crippen molar-refractivity contribution < 1.29 is 4.79 Å². The number of carbonyl (C=O) groups is 1. The summed E-state index contributed by atoms with van der Waals surface area (Å²) in [6, 6.07) is 0. The van der Waals surface area contributed by atoms with Crippen LogP contribution in [0.3, 0.4) is 0 Å². The first-order valence-corrected chi connectivity index (χ1v) is 5.77. The Morgan fingerprint density at radius 2 is 2.19 bits per heavy atom. The maximum absolute atomic E-state index is 12.2. The third-order valence-electron chi connectivity index (χ3n) is 4.19. The first kappa shape index (κ1) is 11.3. The molecule has 1 heterocycles. The molecule has 2 rings (SSSR count). The molecule has 0 radical (unpaired) electrons. The van der Waals surface area contributed by atoms with E-state index in [2.05, 4.69) is 17.1 Å². The smallest absolute Gasteiger partial charge is 0.226 e. The number of piperidine rings is 1. The van der Waals surface area contributed by atoms with Gasteiger partial charge in [-0.2, -0.15) is 0 Å². The van der Waals surface area contributed by atoms with E-state index in [0.29, 0.717) is 11.6 Å². The summed E-state index contributed by atoms with van der Waals surface area (Å²) in [5, 5.41) is 3.36. The van der Waals surface area contributed by atoms with E-state index >= 15 is 0 Å². The Labute approximate surface area is 96.7 Å². The van der Waals surface area contributed by atoms with Crippen molar-refractivity contribution in [1.82, 2.24) is 5.32 Å². The Morgan fingerprint density at radius 1 is 1.50 bits per heavy atom. The minimum Gasteiger partial charge on any atom is -0.316 e. The first-order chi connectivity index (χ1) is 7.42. The van der Waals surface area contributed by atoms with Gasteiger partial charge in [0, 0.05) is 12.0 Å². The number of ketones is 1. The molecule has 0 aromatic rings. The number of nitrogens with one attached hydrogen (secondary N) is 1. The number of rotatable bonds is 0. The van der Waals surface area contributed by atoms with Gasteiger partial charge < -0.3 is 10.1 Å². The van der Waals surface area contributed by atoms with Crippen LogP contribution < -0.4 is 5.32 Å². The Balaban J connectivity index is 2.53. The molecule has 0 unspecified atom stereocenters. The molecular weight excluding hydrogens is 200 g/mol. The number of hydrogen-bond donors (Lipinski definition) is 1. The van der Waals surface area contributed by atoms with E-state index in [0.717, 1.165) is 19.5 Å². The summed E-state index contributed by atoms with van der Waals surface area (Å²) in [6.45, 7) is 15.1. The molecule has 2 aliphatic rings. The van der Waals surface area contributed by atoms with Gasteiger partial charge in [0.2, 0.25) is 5.70 Å². The molecule has 1 saturated heterocycles. The van der Waals surface area contributed by atoms with Crippen LogP contribution in [0.2, 0.25) is 0 Å². The lowest BCUT2D eigenvalue weighted by Gasteiger charge is -2.50. The van der Waals surface area contributed by atoms with Gasteiger partial charge in [0.25, 0.3) is 0 Å². The van der Waals surface area contributed by atoms with Gasteiger partial charge in [-0.15, -0.1) is 0 Å². The maximum Gasteiger partial charge on any atom is 0.226 e. The number of allylic oxidation sites excluding steroid dienone is 1. The summed E-state index contributed by atoms with van der Waals surface area (Å²) in [5.41, 5.74) is -0.117. The Kier molecular flexibility index (Phi) is 2.43. The largest absolute Gasteiger partial charge is 0.316 e. The molecule has 16 heavy (non-hydrogen) atoms. The van der Waals surface area contributed by atoms with Gasteiger partial charge in [0.1, 0.15) is 0 Å². The topological polar surface area (TPSA) is 33.5 Å². The van der Waals surface area contributed by atoms with Crippen LogP contribution in [0.25, 0.3) is 4.85 Å². The van der Waals surface area contributed by atoms with Crippen molar-refractivity contribution in [3.63, 3.8) is 0 Å². The molecule has 3 nitrogen and oxygen atoms in total. The van der Waals surface area contributed by atoms with Crippen LogP contribution in [0, 0.1) is 23.3 Å². The highest BCUT2D eigenvalue weighted by atomic mass is 16.1. The van der Waals surface area contributed by atoms with E-state index in [9.17, 15) is 4.79 Å². The molecule has 0 saturated carbocycles. The van der Waals surface area contributed by atoms with Gasteiger partial charge in [-0.05, 0) is 24.3 Å². The Bertz CT molecular complexity index is 403. The van der Waals surface area contributed by atoms with E-state index in [1.807, 2.05) is 19.9 Å². The van der Waals surface area contributed by atoms with Crippen molar-refractivity contribution >= 4 is 5.78 Å².